The van der Waals surface area contributed by atoms with Crippen molar-refractivity contribution in [1.29, 1.82) is 0 Å². The summed E-state index contributed by atoms with van der Waals surface area (Å²) < 4.78 is 22.7. The third kappa shape index (κ3) is 5.58. The number of hydrogen-bond acceptors (Lipinski definition) is 5. The molecule has 1 aromatic rings. The monoisotopic (exact) mass is 300 g/mol. The van der Waals surface area contributed by atoms with E-state index in [1.807, 2.05) is 14.1 Å². The molecule has 0 amide bonds. The van der Waals surface area contributed by atoms with Crippen molar-refractivity contribution in [2.24, 2.45) is 0 Å². The van der Waals surface area contributed by atoms with Gasteiger partial charge in [0.1, 0.15) is 0 Å². The first-order valence-corrected chi connectivity index (χ1v) is 8.45. The predicted octanol–water partition coefficient (Wildman–Crippen LogP) is 0.663. The van der Waals surface area contributed by atoms with Crippen LogP contribution in [-0.4, -0.2) is 57.9 Å². The molecule has 1 rings (SSSR count). The lowest BCUT2D eigenvalue weighted by atomic mass is 10.1. The SMILES string of the molecule is CC(CN(C)C)NCC(O)c1ccc(S(C)(=O)=O)cc1. The highest BCUT2D eigenvalue weighted by molar-refractivity contribution is 7.90. The maximum absolute atomic E-state index is 11.4. The van der Waals surface area contributed by atoms with Gasteiger partial charge >= 0.3 is 0 Å². The third-order valence-electron chi connectivity index (χ3n) is 2.99. The minimum atomic E-state index is -3.19. The largest absolute Gasteiger partial charge is 0.387 e. The summed E-state index contributed by atoms with van der Waals surface area (Å²) in [5, 5.41) is 13.3. The maximum atomic E-state index is 11.4. The van der Waals surface area contributed by atoms with Crippen LogP contribution in [0, 0.1) is 0 Å². The molecule has 0 fully saturated rings. The van der Waals surface area contributed by atoms with Crippen molar-refractivity contribution in [2.75, 3.05) is 33.4 Å². The highest BCUT2D eigenvalue weighted by Crippen LogP contribution is 2.16. The fourth-order valence-electron chi connectivity index (χ4n) is 1.98. The van der Waals surface area contributed by atoms with E-state index in [2.05, 4.69) is 17.1 Å². The van der Waals surface area contributed by atoms with Crippen LogP contribution < -0.4 is 5.32 Å². The van der Waals surface area contributed by atoms with E-state index in [1.165, 1.54) is 18.4 Å². The van der Waals surface area contributed by atoms with Gasteiger partial charge in [-0.3, -0.25) is 0 Å². The van der Waals surface area contributed by atoms with Crippen LogP contribution in [-0.2, 0) is 9.84 Å². The van der Waals surface area contributed by atoms with Crippen molar-refractivity contribution in [3.63, 3.8) is 0 Å². The van der Waals surface area contributed by atoms with E-state index < -0.39 is 15.9 Å². The zero-order chi connectivity index (χ0) is 15.3. The zero-order valence-corrected chi connectivity index (χ0v) is 13.3. The van der Waals surface area contributed by atoms with Gasteiger partial charge in [0.2, 0.25) is 0 Å². The van der Waals surface area contributed by atoms with Gasteiger partial charge in [-0.15, -0.1) is 0 Å². The molecule has 0 aliphatic heterocycles. The first kappa shape index (κ1) is 17.1. The molecule has 0 saturated carbocycles. The lowest BCUT2D eigenvalue weighted by Crippen LogP contribution is -2.37. The van der Waals surface area contributed by atoms with Gasteiger partial charge in [0.15, 0.2) is 9.84 Å². The Morgan fingerprint density at radius 3 is 2.25 bits per heavy atom. The van der Waals surface area contributed by atoms with Gasteiger partial charge in [0.25, 0.3) is 0 Å². The predicted molar refractivity (Wildman–Crippen MR) is 80.5 cm³/mol. The van der Waals surface area contributed by atoms with Gasteiger partial charge in [-0.25, -0.2) is 8.42 Å². The van der Waals surface area contributed by atoms with Crippen molar-refractivity contribution in [2.45, 2.75) is 24.0 Å². The summed E-state index contributed by atoms with van der Waals surface area (Å²) >= 11 is 0. The quantitative estimate of drug-likeness (QED) is 0.774. The second-order valence-corrected chi connectivity index (χ2v) is 7.44. The average molecular weight is 300 g/mol. The van der Waals surface area contributed by atoms with Crippen molar-refractivity contribution < 1.29 is 13.5 Å². The first-order chi connectivity index (χ1) is 9.20. The smallest absolute Gasteiger partial charge is 0.175 e. The van der Waals surface area contributed by atoms with E-state index in [0.29, 0.717) is 12.1 Å². The lowest BCUT2D eigenvalue weighted by Gasteiger charge is -2.20. The van der Waals surface area contributed by atoms with E-state index in [0.717, 1.165) is 6.54 Å². The molecule has 6 heteroatoms. The van der Waals surface area contributed by atoms with E-state index in [4.69, 9.17) is 0 Å². The molecule has 2 unspecified atom stereocenters. The zero-order valence-electron chi connectivity index (χ0n) is 12.5. The number of aliphatic hydroxyl groups is 1. The molecule has 0 heterocycles. The average Bonchev–Trinajstić information content (AvgIpc) is 2.34. The molecule has 0 aliphatic rings. The molecule has 5 nitrogen and oxygen atoms in total. The van der Waals surface area contributed by atoms with Gasteiger partial charge in [-0.2, -0.15) is 0 Å². The summed E-state index contributed by atoms with van der Waals surface area (Å²) in [4.78, 5) is 2.34. The molecule has 2 atom stereocenters. The minimum absolute atomic E-state index is 0.266. The van der Waals surface area contributed by atoms with Crippen molar-refractivity contribution in [1.82, 2.24) is 10.2 Å². The normalized spacial score (nSPS) is 15.3. The molecular formula is C14H24N2O3S. The van der Waals surface area contributed by atoms with Gasteiger partial charge in [-0.05, 0) is 38.7 Å². The van der Waals surface area contributed by atoms with E-state index in [9.17, 15) is 13.5 Å². The summed E-state index contributed by atoms with van der Waals surface area (Å²) in [5.74, 6) is 0. The van der Waals surface area contributed by atoms with Crippen LogP contribution in [0.2, 0.25) is 0 Å². The Balaban J connectivity index is 2.58. The van der Waals surface area contributed by atoms with Gasteiger partial charge in [-0.1, -0.05) is 12.1 Å². The Bertz CT molecular complexity index is 512. The van der Waals surface area contributed by atoms with Crippen LogP contribution in [0.5, 0.6) is 0 Å². The van der Waals surface area contributed by atoms with Crippen LogP contribution in [0.25, 0.3) is 0 Å². The Morgan fingerprint density at radius 1 is 1.25 bits per heavy atom. The van der Waals surface area contributed by atoms with Crippen LogP contribution in [0.15, 0.2) is 29.2 Å². The number of hydrogen-bond donors (Lipinski definition) is 2. The molecule has 0 aliphatic carbocycles. The molecule has 0 aromatic heterocycles. The number of rotatable bonds is 7. The summed E-state index contributed by atoms with van der Waals surface area (Å²) in [6.07, 6.45) is 0.524. The molecule has 1 aromatic carbocycles. The molecule has 20 heavy (non-hydrogen) atoms. The molecule has 0 saturated heterocycles. The second kappa shape index (κ2) is 7.17. The van der Waals surface area contributed by atoms with Crippen molar-refractivity contribution in [3.8, 4) is 0 Å². The molecule has 114 valence electrons. The summed E-state index contributed by atoms with van der Waals surface area (Å²) in [7, 11) is 0.810. The van der Waals surface area contributed by atoms with Gasteiger partial charge in [0.05, 0.1) is 11.0 Å². The number of nitrogens with zero attached hydrogens (tertiary/aromatic N) is 1. The van der Waals surface area contributed by atoms with E-state index in [-0.39, 0.29) is 10.9 Å². The van der Waals surface area contributed by atoms with Crippen LogP contribution in [0.4, 0.5) is 0 Å². The Hall–Kier alpha value is -0.950. The van der Waals surface area contributed by atoms with Crippen LogP contribution in [0.3, 0.4) is 0 Å². The Kier molecular flexibility index (Phi) is 6.13. The number of aliphatic hydroxyl groups excluding tert-OH is 1. The number of sulfone groups is 1. The molecule has 2 N–H and O–H groups in total. The Labute approximate surface area is 121 Å². The summed E-state index contributed by atoms with van der Waals surface area (Å²) in [6, 6.07) is 6.63. The van der Waals surface area contributed by atoms with Crippen molar-refractivity contribution in [3.05, 3.63) is 29.8 Å². The highest BCUT2D eigenvalue weighted by atomic mass is 32.2. The maximum Gasteiger partial charge on any atom is 0.175 e. The Morgan fingerprint density at radius 2 is 1.80 bits per heavy atom. The second-order valence-electron chi connectivity index (χ2n) is 5.43. The molecular weight excluding hydrogens is 276 g/mol. The lowest BCUT2D eigenvalue weighted by molar-refractivity contribution is 0.167. The third-order valence-corrected chi connectivity index (χ3v) is 4.12. The minimum Gasteiger partial charge on any atom is -0.387 e. The summed E-state index contributed by atoms with van der Waals surface area (Å²) in [6.45, 7) is 3.38. The highest BCUT2D eigenvalue weighted by Gasteiger charge is 2.12. The fraction of sp³-hybridized carbons (Fsp3) is 0.571. The van der Waals surface area contributed by atoms with Gasteiger partial charge in [0, 0.05) is 25.4 Å². The number of nitrogens with one attached hydrogen (secondary N) is 1. The van der Waals surface area contributed by atoms with Gasteiger partial charge < -0.3 is 15.3 Å². The van der Waals surface area contributed by atoms with E-state index in [1.54, 1.807) is 12.1 Å². The molecule has 0 radical (unpaired) electrons. The van der Waals surface area contributed by atoms with Crippen LogP contribution >= 0.6 is 0 Å². The molecule has 0 bridgehead atoms. The van der Waals surface area contributed by atoms with Crippen molar-refractivity contribution >= 4 is 9.84 Å². The topological polar surface area (TPSA) is 69.6 Å². The first-order valence-electron chi connectivity index (χ1n) is 6.56. The fourth-order valence-corrected chi connectivity index (χ4v) is 2.61. The van der Waals surface area contributed by atoms with Crippen LogP contribution in [0.1, 0.15) is 18.6 Å². The molecule has 0 spiro atoms. The number of likely N-dealkylation sites (N-methyl/N-ethyl adjacent to an activating group) is 1. The number of benzene rings is 1. The standard InChI is InChI=1S/C14H24N2O3S/c1-11(10-16(2)3)15-9-14(17)12-5-7-13(8-6-12)20(4,18)19/h5-8,11,14-15,17H,9-10H2,1-4H3. The van der Waals surface area contributed by atoms with E-state index >= 15 is 0 Å². The summed E-state index contributed by atoms with van der Waals surface area (Å²) in [5.41, 5.74) is 0.710.